The standard InChI is InChI=1S/C5H10N2O2/c1-6-2-5(9)7(3-6)4-8/h8H,2-4H2,1H3. The van der Waals surface area contributed by atoms with Crippen molar-refractivity contribution in [1.29, 1.82) is 0 Å². The average Bonchev–Trinajstić information content (AvgIpc) is 2.10. The van der Waals surface area contributed by atoms with Gasteiger partial charge in [0.15, 0.2) is 0 Å². The van der Waals surface area contributed by atoms with Crippen molar-refractivity contribution in [2.75, 3.05) is 27.0 Å². The van der Waals surface area contributed by atoms with Crippen LogP contribution in [0.4, 0.5) is 0 Å². The van der Waals surface area contributed by atoms with E-state index in [1.54, 1.807) is 0 Å². The van der Waals surface area contributed by atoms with E-state index >= 15 is 0 Å². The van der Waals surface area contributed by atoms with E-state index in [2.05, 4.69) is 0 Å². The summed E-state index contributed by atoms with van der Waals surface area (Å²) in [5, 5.41) is 8.53. The molecule has 0 aromatic rings. The minimum Gasteiger partial charge on any atom is -0.376 e. The third kappa shape index (κ3) is 1.20. The molecule has 1 saturated heterocycles. The molecule has 4 nitrogen and oxygen atoms in total. The zero-order valence-corrected chi connectivity index (χ0v) is 5.37. The summed E-state index contributed by atoms with van der Waals surface area (Å²) < 4.78 is 0. The number of amides is 1. The Morgan fingerprint density at radius 1 is 1.78 bits per heavy atom. The van der Waals surface area contributed by atoms with Gasteiger partial charge in [-0.1, -0.05) is 0 Å². The van der Waals surface area contributed by atoms with Crippen molar-refractivity contribution in [3.63, 3.8) is 0 Å². The lowest BCUT2D eigenvalue weighted by atomic mass is 10.6. The first kappa shape index (κ1) is 6.51. The van der Waals surface area contributed by atoms with Crippen LogP contribution < -0.4 is 0 Å². The van der Waals surface area contributed by atoms with Crippen molar-refractivity contribution in [2.45, 2.75) is 0 Å². The van der Waals surface area contributed by atoms with Gasteiger partial charge in [-0.3, -0.25) is 9.69 Å². The molecule has 0 bridgehead atoms. The van der Waals surface area contributed by atoms with Crippen LogP contribution in [0.3, 0.4) is 0 Å². The summed E-state index contributed by atoms with van der Waals surface area (Å²) in [6.07, 6.45) is 0. The minimum atomic E-state index is -0.164. The summed E-state index contributed by atoms with van der Waals surface area (Å²) in [5.41, 5.74) is 0. The molecule has 0 spiro atoms. The molecule has 0 unspecified atom stereocenters. The average molecular weight is 130 g/mol. The van der Waals surface area contributed by atoms with Gasteiger partial charge in [0.2, 0.25) is 5.91 Å². The van der Waals surface area contributed by atoms with E-state index in [0.29, 0.717) is 13.2 Å². The summed E-state index contributed by atoms with van der Waals surface area (Å²) in [7, 11) is 1.84. The van der Waals surface area contributed by atoms with Crippen molar-refractivity contribution in [3.05, 3.63) is 0 Å². The third-order valence-electron chi connectivity index (χ3n) is 1.34. The number of carbonyl (C=O) groups excluding carboxylic acids is 1. The smallest absolute Gasteiger partial charge is 0.239 e. The normalized spacial score (nSPS) is 21.6. The highest BCUT2D eigenvalue weighted by Crippen LogP contribution is 2.00. The fourth-order valence-corrected chi connectivity index (χ4v) is 0.875. The van der Waals surface area contributed by atoms with Gasteiger partial charge < -0.3 is 10.0 Å². The molecule has 1 heterocycles. The molecule has 1 fully saturated rings. The van der Waals surface area contributed by atoms with E-state index in [1.165, 1.54) is 4.90 Å². The van der Waals surface area contributed by atoms with Gasteiger partial charge in [-0.25, -0.2) is 0 Å². The maximum atomic E-state index is 10.7. The van der Waals surface area contributed by atoms with E-state index in [9.17, 15) is 4.79 Å². The number of carbonyl (C=O) groups is 1. The first-order valence-electron chi connectivity index (χ1n) is 2.81. The Labute approximate surface area is 53.7 Å². The molecule has 1 aliphatic heterocycles. The molecule has 1 aliphatic rings. The first-order chi connectivity index (χ1) is 4.24. The number of hydrogen-bond donors (Lipinski definition) is 1. The molecular weight excluding hydrogens is 120 g/mol. The van der Waals surface area contributed by atoms with Crippen molar-refractivity contribution < 1.29 is 9.90 Å². The zero-order chi connectivity index (χ0) is 6.85. The molecule has 0 radical (unpaired) electrons. The van der Waals surface area contributed by atoms with Gasteiger partial charge >= 0.3 is 0 Å². The molecule has 4 heteroatoms. The molecule has 1 amide bonds. The van der Waals surface area contributed by atoms with Crippen molar-refractivity contribution in [2.24, 2.45) is 0 Å². The maximum absolute atomic E-state index is 10.7. The van der Waals surface area contributed by atoms with Crippen molar-refractivity contribution in [3.8, 4) is 0 Å². The van der Waals surface area contributed by atoms with Gasteiger partial charge in [0.1, 0.15) is 6.73 Å². The van der Waals surface area contributed by atoms with Crippen LogP contribution in [-0.2, 0) is 4.79 Å². The molecule has 0 aromatic heterocycles. The molecule has 0 aliphatic carbocycles. The Morgan fingerprint density at radius 2 is 2.44 bits per heavy atom. The maximum Gasteiger partial charge on any atom is 0.239 e. The highest BCUT2D eigenvalue weighted by molar-refractivity contribution is 5.79. The Balaban J connectivity index is 2.48. The molecule has 1 N–H and O–H groups in total. The van der Waals surface area contributed by atoms with Gasteiger partial charge in [0.05, 0.1) is 13.2 Å². The highest BCUT2D eigenvalue weighted by Gasteiger charge is 2.22. The molecule has 0 atom stereocenters. The lowest BCUT2D eigenvalue weighted by molar-refractivity contribution is -0.129. The number of hydrogen-bond acceptors (Lipinski definition) is 3. The van der Waals surface area contributed by atoms with Crippen LogP contribution in [0.5, 0.6) is 0 Å². The Bertz CT molecular complexity index is 126. The molecule has 52 valence electrons. The fraction of sp³-hybridized carbons (Fsp3) is 0.800. The Kier molecular flexibility index (Phi) is 1.68. The van der Waals surface area contributed by atoms with Crippen LogP contribution in [0.2, 0.25) is 0 Å². The van der Waals surface area contributed by atoms with Crippen LogP contribution in [0, 0.1) is 0 Å². The molecule has 9 heavy (non-hydrogen) atoms. The monoisotopic (exact) mass is 130 g/mol. The van der Waals surface area contributed by atoms with E-state index in [-0.39, 0.29) is 12.6 Å². The number of rotatable bonds is 1. The van der Waals surface area contributed by atoms with Gasteiger partial charge in [0.25, 0.3) is 0 Å². The molecule has 0 saturated carbocycles. The van der Waals surface area contributed by atoms with Crippen molar-refractivity contribution in [1.82, 2.24) is 9.80 Å². The van der Waals surface area contributed by atoms with Crippen LogP contribution >= 0.6 is 0 Å². The van der Waals surface area contributed by atoms with Gasteiger partial charge in [-0.15, -0.1) is 0 Å². The van der Waals surface area contributed by atoms with Crippen molar-refractivity contribution >= 4 is 5.91 Å². The summed E-state index contributed by atoms with van der Waals surface area (Å²) in [6, 6.07) is 0. The number of nitrogens with zero attached hydrogens (tertiary/aromatic N) is 2. The summed E-state index contributed by atoms with van der Waals surface area (Å²) in [4.78, 5) is 14.0. The van der Waals surface area contributed by atoms with E-state index in [4.69, 9.17) is 5.11 Å². The van der Waals surface area contributed by atoms with E-state index < -0.39 is 0 Å². The van der Waals surface area contributed by atoms with Gasteiger partial charge in [-0.05, 0) is 7.05 Å². The Hall–Kier alpha value is -0.610. The van der Waals surface area contributed by atoms with Gasteiger partial charge in [-0.2, -0.15) is 0 Å². The SMILES string of the molecule is CN1CC(=O)N(CO)C1. The third-order valence-corrected chi connectivity index (χ3v) is 1.34. The predicted molar refractivity (Wildman–Crippen MR) is 31.4 cm³/mol. The second kappa shape index (κ2) is 2.33. The zero-order valence-electron chi connectivity index (χ0n) is 5.37. The lowest BCUT2D eigenvalue weighted by Crippen LogP contribution is -2.27. The molecule has 0 aromatic carbocycles. The van der Waals surface area contributed by atoms with Crippen LogP contribution in [0.15, 0.2) is 0 Å². The second-order valence-corrected chi connectivity index (χ2v) is 2.23. The number of likely N-dealkylation sites (N-methyl/N-ethyl adjacent to an activating group) is 1. The van der Waals surface area contributed by atoms with Gasteiger partial charge in [0, 0.05) is 0 Å². The lowest BCUT2D eigenvalue weighted by Gasteiger charge is -2.10. The Morgan fingerprint density at radius 3 is 2.67 bits per heavy atom. The number of aliphatic hydroxyl groups excluding tert-OH is 1. The second-order valence-electron chi connectivity index (χ2n) is 2.23. The van der Waals surface area contributed by atoms with Crippen LogP contribution in [-0.4, -0.2) is 47.8 Å². The minimum absolute atomic E-state index is 0.000000000000000444. The van der Waals surface area contributed by atoms with Crippen LogP contribution in [0.1, 0.15) is 0 Å². The number of aliphatic hydroxyl groups is 1. The summed E-state index contributed by atoms with van der Waals surface area (Å²) in [6.45, 7) is 0.819. The van der Waals surface area contributed by atoms with Crippen LogP contribution in [0.25, 0.3) is 0 Å². The fourth-order valence-electron chi connectivity index (χ4n) is 0.875. The molecular formula is C5H10N2O2. The highest BCUT2D eigenvalue weighted by atomic mass is 16.3. The quantitative estimate of drug-likeness (QED) is 0.478. The topological polar surface area (TPSA) is 43.8 Å². The van der Waals surface area contributed by atoms with E-state index in [1.807, 2.05) is 11.9 Å². The molecule has 1 rings (SSSR count). The predicted octanol–water partition coefficient (Wildman–Crippen LogP) is -1.33. The first-order valence-corrected chi connectivity index (χ1v) is 2.81. The largest absolute Gasteiger partial charge is 0.376 e. The summed E-state index contributed by atoms with van der Waals surface area (Å²) >= 11 is 0. The van der Waals surface area contributed by atoms with E-state index in [0.717, 1.165) is 0 Å². The summed E-state index contributed by atoms with van der Waals surface area (Å²) in [5.74, 6) is 0.000000000000000444.